The molecule has 5 fully saturated rings. The molecule has 0 bridgehead atoms. The quantitative estimate of drug-likeness (QED) is 0.139. The maximum absolute atomic E-state index is 13.5. The number of ketones is 1. The fourth-order valence-corrected chi connectivity index (χ4v) is 11.3. The van der Waals surface area contributed by atoms with Gasteiger partial charge < -0.3 is 64.9 Å². The predicted molar refractivity (Wildman–Crippen MR) is 188 cm³/mol. The Morgan fingerprint density at radius 2 is 1.49 bits per heavy atom. The Labute approximate surface area is 312 Å². The van der Waals surface area contributed by atoms with Gasteiger partial charge in [-0.05, 0) is 100 Å². The molecule has 18 atom stereocenters. The van der Waals surface area contributed by atoms with Crippen molar-refractivity contribution in [2.24, 2.45) is 34.5 Å². The number of rotatable bonds is 11. The molecule has 2 aliphatic heterocycles. The van der Waals surface area contributed by atoms with Crippen molar-refractivity contribution in [1.82, 2.24) is 0 Å². The van der Waals surface area contributed by atoms with Gasteiger partial charge in [0.25, 0.3) is 0 Å². The summed E-state index contributed by atoms with van der Waals surface area (Å²) in [6.45, 7) is 9.00. The van der Waals surface area contributed by atoms with Crippen LogP contribution in [-0.2, 0) is 23.7 Å². The lowest BCUT2D eigenvalue weighted by molar-refractivity contribution is -0.377. The Hall–Kier alpha value is -1.11. The Balaban J connectivity index is 1.10. The van der Waals surface area contributed by atoms with Crippen LogP contribution in [0.3, 0.4) is 0 Å². The summed E-state index contributed by atoms with van der Waals surface area (Å²) in [5.41, 5.74) is -1.65. The van der Waals surface area contributed by atoms with Crippen molar-refractivity contribution in [1.29, 1.82) is 0 Å². The first-order valence-electron chi connectivity index (χ1n) is 19.7. The minimum Gasteiger partial charge on any atom is -0.394 e. The van der Waals surface area contributed by atoms with Gasteiger partial charge in [-0.1, -0.05) is 33.6 Å². The van der Waals surface area contributed by atoms with Crippen molar-refractivity contribution in [2.75, 3.05) is 13.2 Å². The van der Waals surface area contributed by atoms with Crippen molar-refractivity contribution in [3.8, 4) is 0 Å². The van der Waals surface area contributed by atoms with Crippen LogP contribution >= 0.6 is 0 Å². The highest BCUT2D eigenvalue weighted by Crippen LogP contribution is 2.68. The number of aliphatic hydroxyl groups excluding tert-OH is 8. The SMILES string of the molecule is CC(CCCC(C)(C)OC1OC(CO)C(O)C(O)C1OC1OC(CO)C(O)C(O)C1O)C1CCC2(O)C3=CC(=O)C4CC(O)CCC4(C)C3CCC12C. The van der Waals surface area contributed by atoms with Gasteiger partial charge in [-0.25, -0.2) is 0 Å². The first-order valence-corrected chi connectivity index (χ1v) is 19.7. The molecule has 2 saturated heterocycles. The lowest BCUT2D eigenvalue weighted by Crippen LogP contribution is -2.65. The third kappa shape index (κ3) is 7.21. The number of hydrogen-bond donors (Lipinski definition) is 9. The summed E-state index contributed by atoms with van der Waals surface area (Å²) in [5, 5.41) is 95.1. The van der Waals surface area contributed by atoms with Gasteiger partial charge in [-0.15, -0.1) is 0 Å². The predicted octanol–water partition coefficient (Wildman–Crippen LogP) is 0.446. The van der Waals surface area contributed by atoms with Crippen LogP contribution in [0.4, 0.5) is 0 Å². The second kappa shape index (κ2) is 15.3. The summed E-state index contributed by atoms with van der Waals surface area (Å²) < 4.78 is 23.5. The van der Waals surface area contributed by atoms with Gasteiger partial charge in [0, 0.05) is 11.3 Å². The van der Waals surface area contributed by atoms with Crippen LogP contribution in [0.1, 0.15) is 98.8 Å². The zero-order valence-electron chi connectivity index (χ0n) is 31.8. The van der Waals surface area contributed by atoms with E-state index in [1.165, 1.54) is 0 Å². The van der Waals surface area contributed by atoms with Crippen LogP contribution in [0.25, 0.3) is 0 Å². The number of allylic oxidation sites excluding steroid dienone is 1. The molecule has 9 N–H and O–H groups in total. The molecule has 18 unspecified atom stereocenters. The molecule has 3 saturated carbocycles. The van der Waals surface area contributed by atoms with E-state index in [4.69, 9.17) is 18.9 Å². The van der Waals surface area contributed by atoms with Crippen LogP contribution in [0, 0.1) is 34.5 Å². The third-order valence-electron chi connectivity index (χ3n) is 14.7. The maximum Gasteiger partial charge on any atom is 0.187 e. The molecule has 53 heavy (non-hydrogen) atoms. The molecule has 0 radical (unpaired) electrons. The third-order valence-corrected chi connectivity index (χ3v) is 14.7. The fraction of sp³-hybridized carbons (Fsp3) is 0.923. The average Bonchev–Trinajstić information content (AvgIpc) is 3.39. The molecule has 0 aromatic carbocycles. The Morgan fingerprint density at radius 1 is 0.849 bits per heavy atom. The highest BCUT2D eigenvalue weighted by Gasteiger charge is 2.66. The first-order chi connectivity index (χ1) is 24.8. The van der Waals surface area contributed by atoms with E-state index in [0.717, 1.165) is 44.1 Å². The van der Waals surface area contributed by atoms with Gasteiger partial charge in [0.2, 0.25) is 0 Å². The summed E-state index contributed by atoms with van der Waals surface area (Å²) in [5.74, 6) is 0.448. The molecule has 0 aromatic rings. The zero-order valence-corrected chi connectivity index (χ0v) is 31.8. The van der Waals surface area contributed by atoms with Gasteiger partial charge in [0.05, 0.1) is 30.5 Å². The van der Waals surface area contributed by atoms with Crippen LogP contribution < -0.4 is 0 Å². The molecular formula is C39H64O14. The van der Waals surface area contributed by atoms with E-state index >= 15 is 0 Å². The van der Waals surface area contributed by atoms with Crippen molar-refractivity contribution in [3.63, 3.8) is 0 Å². The lowest BCUT2D eigenvalue weighted by atomic mass is 9.46. The van der Waals surface area contributed by atoms with Gasteiger partial charge >= 0.3 is 0 Å². The number of carbonyl (C=O) groups excluding carboxylic acids is 1. The second-order valence-electron chi connectivity index (χ2n) is 18.3. The molecule has 0 aromatic heterocycles. The van der Waals surface area contributed by atoms with Crippen molar-refractivity contribution >= 4 is 5.78 Å². The average molecular weight is 757 g/mol. The fourth-order valence-electron chi connectivity index (χ4n) is 11.3. The summed E-state index contributed by atoms with van der Waals surface area (Å²) in [6, 6.07) is 0. The van der Waals surface area contributed by atoms with E-state index in [1.807, 2.05) is 13.8 Å². The van der Waals surface area contributed by atoms with Crippen molar-refractivity contribution in [2.45, 2.75) is 178 Å². The summed E-state index contributed by atoms with van der Waals surface area (Å²) in [4.78, 5) is 13.5. The number of hydrogen-bond acceptors (Lipinski definition) is 14. The van der Waals surface area contributed by atoms with E-state index in [2.05, 4.69) is 20.8 Å². The Bertz CT molecular complexity index is 1340. The summed E-state index contributed by atoms with van der Waals surface area (Å²) >= 11 is 0. The highest BCUT2D eigenvalue weighted by atomic mass is 16.8. The van der Waals surface area contributed by atoms with Gasteiger partial charge in [0.15, 0.2) is 18.4 Å². The first kappa shape index (κ1) is 41.5. The summed E-state index contributed by atoms with van der Waals surface area (Å²) in [7, 11) is 0. The minimum absolute atomic E-state index is 0.0454. The smallest absolute Gasteiger partial charge is 0.187 e. The lowest BCUT2D eigenvalue weighted by Gasteiger charge is -2.59. The van der Waals surface area contributed by atoms with Gasteiger partial charge in [0.1, 0.15) is 48.8 Å². The maximum atomic E-state index is 13.5. The van der Waals surface area contributed by atoms with Crippen LogP contribution in [-0.4, -0.2) is 144 Å². The van der Waals surface area contributed by atoms with E-state index in [-0.39, 0.29) is 40.3 Å². The van der Waals surface area contributed by atoms with E-state index in [9.17, 15) is 50.8 Å². The van der Waals surface area contributed by atoms with Crippen molar-refractivity contribution in [3.05, 3.63) is 11.6 Å². The second-order valence-corrected chi connectivity index (χ2v) is 18.3. The summed E-state index contributed by atoms with van der Waals surface area (Å²) in [6.07, 6.45) is -6.59. The Morgan fingerprint density at radius 3 is 2.15 bits per heavy atom. The van der Waals surface area contributed by atoms with Crippen LogP contribution in [0.2, 0.25) is 0 Å². The molecular weight excluding hydrogens is 692 g/mol. The molecule has 6 rings (SSSR count). The standard InChI is InChI=1S/C39H64O14/c1-19(21-10-14-39(49)23-16-25(43)24-15-20(42)8-12-37(24,4)22(23)9-13-38(21,39)5)7-6-11-36(2,3)53-35-33(31(47)29(45)27(18-41)51-35)52-34-32(48)30(46)28(44)26(17-40)50-34/h16,19-22,24,26-35,40-42,44-49H,6-15,17-18H2,1-5H3. The topological polar surface area (TPSA) is 236 Å². The van der Waals surface area contributed by atoms with E-state index < -0.39 is 91.9 Å². The zero-order chi connectivity index (χ0) is 38.8. The van der Waals surface area contributed by atoms with Crippen molar-refractivity contribution < 1.29 is 69.7 Å². The highest BCUT2D eigenvalue weighted by molar-refractivity contribution is 5.95. The molecule has 304 valence electrons. The molecule has 2 heterocycles. The molecule has 6 aliphatic rings. The Kier molecular flexibility index (Phi) is 12.0. The van der Waals surface area contributed by atoms with E-state index in [0.29, 0.717) is 25.7 Å². The number of carbonyl (C=O) groups is 1. The monoisotopic (exact) mass is 756 g/mol. The molecule has 0 amide bonds. The van der Waals surface area contributed by atoms with E-state index in [1.54, 1.807) is 6.08 Å². The number of aliphatic hydroxyl groups is 9. The minimum atomic E-state index is -1.76. The van der Waals surface area contributed by atoms with Crippen LogP contribution in [0.15, 0.2) is 11.6 Å². The molecule has 4 aliphatic carbocycles. The molecule has 14 nitrogen and oxygen atoms in total. The van der Waals surface area contributed by atoms with Gasteiger partial charge in [-0.2, -0.15) is 0 Å². The largest absolute Gasteiger partial charge is 0.394 e. The number of fused-ring (bicyclic) bond motifs is 5. The molecule has 0 spiro atoms. The normalized spacial score (nSPS) is 49.5. The number of ether oxygens (including phenoxy) is 4. The van der Waals surface area contributed by atoms with Gasteiger partial charge in [-0.3, -0.25) is 4.79 Å². The van der Waals surface area contributed by atoms with Crippen LogP contribution in [0.5, 0.6) is 0 Å². The molecule has 14 heteroatoms.